The number of nitrogens with one attached hydrogen (secondary N) is 1. The first kappa shape index (κ1) is 81.2. The van der Waals surface area contributed by atoms with Gasteiger partial charge >= 0.3 is 5.97 Å². The summed E-state index contributed by atoms with van der Waals surface area (Å²) in [5, 5.41) is 54.3. The highest BCUT2D eigenvalue weighted by Crippen LogP contribution is 2.24. The Kier molecular flexibility index (Phi) is 60.8. The van der Waals surface area contributed by atoms with Gasteiger partial charge in [0.25, 0.3) is 0 Å². The van der Waals surface area contributed by atoms with E-state index >= 15 is 0 Å². The van der Waals surface area contributed by atoms with Gasteiger partial charge in [0.05, 0.1) is 32.0 Å². The first-order valence-electron chi connectivity index (χ1n) is 37.1. The molecular formula is C74H141NO10. The Hall–Kier alpha value is -1.86. The Bertz CT molecular complexity index is 1460. The van der Waals surface area contributed by atoms with Gasteiger partial charge in [0, 0.05) is 12.8 Å². The highest BCUT2D eigenvalue weighted by atomic mass is 16.7. The molecule has 85 heavy (non-hydrogen) atoms. The van der Waals surface area contributed by atoms with Crippen LogP contribution in [-0.4, -0.2) is 100 Å². The zero-order chi connectivity index (χ0) is 61.6. The molecule has 6 N–H and O–H groups in total. The average molecular weight is 1200 g/mol. The van der Waals surface area contributed by atoms with Crippen LogP contribution in [0.5, 0.6) is 0 Å². The fourth-order valence-electron chi connectivity index (χ4n) is 12.0. The molecule has 0 saturated carbocycles. The first-order chi connectivity index (χ1) is 41.7. The summed E-state index contributed by atoms with van der Waals surface area (Å²) < 4.78 is 16.7. The zero-order valence-electron chi connectivity index (χ0n) is 55.8. The number of ether oxygens (including phenoxy) is 3. The van der Waals surface area contributed by atoms with Crippen molar-refractivity contribution in [3.05, 3.63) is 24.3 Å². The second-order valence-electron chi connectivity index (χ2n) is 26.0. The fourth-order valence-corrected chi connectivity index (χ4v) is 12.0. The third-order valence-electron chi connectivity index (χ3n) is 17.8. The number of esters is 1. The number of rotatable bonds is 66. The molecule has 1 aliphatic heterocycles. The van der Waals surface area contributed by atoms with Crippen LogP contribution in [0.1, 0.15) is 373 Å². The van der Waals surface area contributed by atoms with Crippen molar-refractivity contribution in [1.29, 1.82) is 0 Å². The Morgan fingerprint density at radius 3 is 1.13 bits per heavy atom. The molecule has 1 saturated heterocycles. The number of unbranched alkanes of at least 4 members (excludes halogenated alkanes) is 50. The number of aliphatic hydroxyl groups excluding tert-OH is 5. The molecule has 0 aromatic heterocycles. The average Bonchev–Trinajstić information content (AvgIpc) is 3.34. The van der Waals surface area contributed by atoms with Crippen molar-refractivity contribution in [2.45, 2.75) is 416 Å². The Morgan fingerprint density at radius 2 is 0.753 bits per heavy atom. The van der Waals surface area contributed by atoms with E-state index in [-0.39, 0.29) is 18.5 Å². The molecule has 0 aromatic carbocycles. The molecule has 7 unspecified atom stereocenters. The molecule has 1 rings (SSSR count). The lowest BCUT2D eigenvalue weighted by molar-refractivity contribution is -0.302. The number of hydrogen-bond acceptors (Lipinski definition) is 10. The summed E-state index contributed by atoms with van der Waals surface area (Å²) in [7, 11) is 0. The van der Waals surface area contributed by atoms with Crippen LogP contribution in [0.3, 0.4) is 0 Å². The molecule has 1 fully saturated rings. The topological polar surface area (TPSA) is 175 Å². The van der Waals surface area contributed by atoms with Gasteiger partial charge in [-0.1, -0.05) is 327 Å². The third-order valence-corrected chi connectivity index (χ3v) is 17.8. The van der Waals surface area contributed by atoms with Crippen LogP contribution in [0.15, 0.2) is 24.3 Å². The number of carbonyl (C=O) groups excluding carboxylic acids is 2. The Morgan fingerprint density at radius 1 is 0.424 bits per heavy atom. The number of amides is 1. The lowest BCUT2D eigenvalue weighted by atomic mass is 9.99. The SMILES string of the molecule is CCCCCCCCC/C=C/C(O)C(COC1OC(CO)C(O)C(O)C1O)NC(=O)CCCCCCCCCCCCCCCCCCC/C=C\CCCCCCCCCCCCCCCCCCOC(=O)CCCCCCCCCCCCC. The maximum atomic E-state index is 13.0. The van der Waals surface area contributed by atoms with E-state index in [0.29, 0.717) is 19.4 Å². The predicted octanol–water partition coefficient (Wildman–Crippen LogP) is 19.2. The molecule has 1 aliphatic rings. The summed E-state index contributed by atoms with van der Waals surface area (Å²) in [6.07, 6.45) is 70.7. The summed E-state index contributed by atoms with van der Waals surface area (Å²) >= 11 is 0. The molecule has 1 amide bonds. The molecule has 11 nitrogen and oxygen atoms in total. The van der Waals surface area contributed by atoms with E-state index in [4.69, 9.17) is 14.2 Å². The molecule has 0 aromatic rings. The van der Waals surface area contributed by atoms with Crippen LogP contribution in [0.4, 0.5) is 0 Å². The van der Waals surface area contributed by atoms with E-state index in [0.717, 1.165) is 51.4 Å². The molecule has 0 bridgehead atoms. The van der Waals surface area contributed by atoms with E-state index in [2.05, 4.69) is 31.3 Å². The van der Waals surface area contributed by atoms with Crippen LogP contribution in [0.2, 0.25) is 0 Å². The van der Waals surface area contributed by atoms with Gasteiger partial charge in [-0.05, 0) is 57.8 Å². The summed E-state index contributed by atoms with van der Waals surface area (Å²) in [6.45, 7) is 4.35. The lowest BCUT2D eigenvalue weighted by Gasteiger charge is -2.40. The van der Waals surface area contributed by atoms with Gasteiger partial charge in [-0.3, -0.25) is 9.59 Å². The van der Waals surface area contributed by atoms with Gasteiger partial charge in [-0.15, -0.1) is 0 Å². The van der Waals surface area contributed by atoms with Gasteiger partial charge < -0.3 is 45.1 Å². The van der Waals surface area contributed by atoms with Gasteiger partial charge in [-0.2, -0.15) is 0 Å². The zero-order valence-corrected chi connectivity index (χ0v) is 55.8. The monoisotopic (exact) mass is 1200 g/mol. The van der Waals surface area contributed by atoms with E-state index in [1.807, 2.05) is 6.08 Å². The number of allylic oxidation sites excluding steroid dienone is 3. The van der Waals surface area contributed by atoms with Crippen molar-refractivity contribution >= 4 is 11.9 Å². The van der Waals surface area contributed by atoms with Crippen LogP contribution >= 0.6 is 0 Å². The molecular weight excluding hydrogens is 1060 g/mol. The Balaban J connectivity index is 1.88. The van der Waals surface area contributed by atoms with Crippen molar-refractivity contribution in [2.24, 2.45) is 0 Å². The Labute approximate surface area is 524 Å². The third kappa shape index (κ3) is 52.6. The highest BCUT2D eigenvalue weighted by molar-refractivity contribution is 5.76. The van der Waals surface area contributed by atoms with E-state index < -0.39 is 49.5 Å². The van der Waals surface area contributed by atoms with Crippen LogP contribution in [-0.2, 0) is 23.8 Å². The number of hydrogen-bond donors (Lipinski definition) is 6. The van der Waals surface area contributed by atoms with Crippen molar-refractivity contribution in [2.75, 3.05) is 19.8 Å². The second-order valence-corrected chi connectivity index (χ2v) is 26.0. The minimum atomic E-state index is -1.57. The molecule has 1 heterocycles. The maximum absolute atomic E-state index is 13.0. The van der Waals surface area contributed by atoms with E-state index in [1.54, 1.807) is 6.08 Å². The highest BCUT2D eigenvalue weighted by Gasteiger charge is 2.44. The standard InChI is InChI=1S/C74H141NO10/c1-3-5-7-9-11-13-41-46-50-54-58-62-70(79)83-63-59-55-51-47-43-40-38-36-34-32-30-28-26-24-22-20-18-16-14-15-17-19-21-23-25-27-29-31-33-35-37-39-42-45-49-53-57-61-69(78)75-66(67(77)60-56-52-48-44-12-10-8-6-4-2)65-84-74-73(82)72(81)71(80)68(64-76)85-74/h14,16,56,60,66-68,71-74,76-77,80-82H,3-13,15,17-55,57-59,61-65H2,1-2H3,(H,75,78)/b16-14-,60-56+. The smallest absolute Gasteiger partial charge is 0.305 e. The maximum Gasteiger partial charge on any atom is 0.305 e. The van der Waals surface area contributed by atoms with Crippen LogP contribution in [0.25, 0.3) is 0 Å². The molecule has 0 aliphatic carbocycles. The molecule has 502 valence electrons. The van der Waals surface area contributed by atoms with Crippen LogP contribution < -0.4 is 5.32 Å². The van der Waals surface area contributed by atoms with E-state index in [9.17, 15) is 35.1 Å². The molecule has 7 atom stereocenters. The molecule has 0 spiro atoms. The van der Waals surface area contributed by atoms with E-state index in [1.165, 1.54) is 295 Å². The minimum Gasteiger partial charge on any atom is -0.466 e. The largest absolute Gasteiger partial charge is 0.466 e. The predicted molar refractivity (Wildman–Crippen MR) is 357 cm³/mol. The summed E-state index contributed by atoms with van der Waals surface area (Å²) in [4.78, 5) is 25.0. The van der Waals surface area contributed by atoms with Crippen molar-refractivity contribution in [3.8, 4) is 0 Å². The first-order valence-corrected chi connectivity index (χ1v) is 37.1. The summed E-state index contributed by atoms with van der Waals surface area (Å²) in [5.74, 6) is -0.163. The minimum absolute atomic E-state index is 0.0155. The normalized spacial score (nSPS) is 18.0. The lowest BCUT2D eigenvalue weighted by Crippen LogP contribution is -2.60. The second kappa shape index (κ2) is 63.7. The van der Waals surface area contributed by atoms with Gasteiger partial charge in [0.2, 0.25) is 5.91 Å². The van der Waals surface area contributed by atoms with Crippen molar-refractivity contribution in [3.63, 3.8) is 0 Å². The summed E-state index contributed by atoms with van der Waals surface area (Å²) in [6, 6.07) is -0.805. The van der Waals surface area contributed by atoms with Gasteiger partial charge in [0.15, 0.2) is 6.29 Å². The molecule has 0 radical (unpaired) electrons. The summed E-state index contributed by atoms with van der Waals surface area (Å²) in [5.41, 5.74) is 0. The van der Waals surface area contributed by atoms with Crippen LogP contribution in [0, 0.1) is 0 Å². The van der Waals surface area contributed by atoms with Crippen molar-refractivity contribution < 1.29 is 49.3 Å². The van der Waals surface area contributed by atoms with Gasteiger partial charge in [-0.25, -0.2) is 0 Å². The molecule has 11 heteroatoms. The fraction of sp³-hybridized carbons (Fsp3) is 0.919. The number of aliphatic hydroxyl groups is 5. The van der Waals surface area contributed by atoms with Crippen molar-refractivity contribution in [1.82, 2.24) is 5.32 Å². The quantitative estimate of drug-likeness (QED) is 0.0195. The number of carbonyl (C=O) groups is 2. The van der Waals surface area contributed by atoms with Gasteiger partial charge in [0.1, 0.15) is 24.4 Å².